The maximum atomic E-state index is 5.53. The van der Waals surface area contributed by atoms with Gasteiger partial charge in [-0.15, -0.1) is 17.7 Å². The Morgan fingerprint density at radius 1 is 2.00 bits per heavy atom. The zero-order chi connectivity index (χ0) is 5.70. The molecule has 42 valence electrons. The summed E-state index contributed by atoms with van der Waals surface area (Å²) in [5.74, 6) is 0. The molecule has 1 nitrogen and oxygen atoms in total. The lowest BCUT2D eigenvalue weighted by Crippen LogP contribution is -2.03. The third-order valence-electron chi connectivity index (χ3n) is 0.444. The molecule has 0 aliphatic carbocycles. The van der Waals surface area contributed by atoms with Gasteiger partial charge in [0.1, 0.15) is 0 Å². The van der Waals surface area contributed by atoms with Crippen LogP contribution in [0.25, 0.3) is 0 Å². The predicted molar refractivity (Wildman–Crippen MR) is 35.0 cm³/mol. The first-order valence-corrected chi connectivity index (χ1v) is 5.51. The normalized spacial score (nSPS) is 13.4. The molecule has 0 heterocycles. The standard InChI is InChI=1S/C4H9ClOSi/c1-3-4-6-7(2)5/h3,7H,1,4H2,2H3. The van der Waals surface area contributed by atoms with Crippen LogP contribution in [0.2, 0.25) is 6.55 Å². The molecule has 0 saturated heterocycles. The monoisotopic (exact) mass is 136 g/mol. The zero-order valence-corrected chi connectivity index (χ0v) is 6.27. The van der Waals surface area contributed by atoms with E-state index < -0.39 is 8.35 Å². The van der Waals surface area contributed by atoms with Crippen LogP contribution in [0.5, 0.6) is 0 Å². The highest BCUT2D eigenvalue weighted by Gasteiger charge is 1.92. The van der Waals surface area contributed by atoms with Gasteiger partial charge in [0, 0.05) is 0 Å². The molecule has 0 fully saturated rings. The van der Waals surface area contributed by atoms with Crippen LogP contribution < -0.4 is 0 Å². The van der Waals surface area contributed by atoms with E-state index >= 15 is 0 Å². The minimum atomic E-state index is -1.29. The van der Waals surface area contributed by atoms with Gasteiger partial charge in [0.25, 0.3) is 8.35 Å². The highest BCUT2D eigenvalue weighted by molar-refractivity contribution is 7.02. The second-order valence-corrected chi connectivity index (χ2v) is 4.43. The number of hydrogen-bond donors (Lipinski definition) is 0. The van der Waals surface area contributed by atoms with Crippen LogP contribution in [0.15, 0.2) is 12.7 Å². The Hall–Kier alpha value is 0.207. The van der Waals surface area contributed by atoms with Crippen LogP contribution in [0.1, 0.15) is 0 Å². The summed E-state index contributed by atoms with van der Waals surface area (Å²) in [6.07, 6.45) is 1.70. The first kappa shape index (κ1) is 7.21. The van der Waals surface area contributed by atoms with Crippen molar-refractivity contribution in [1.82, 2.24) is 0 Å². The lowest BCUT2D eigenvalue weighted by molar-refractivity contribution is 0.383. The average Bonchev–Trinajstić information content (AvgIpc) is 1.61. The van der Waals surface area contributed by atoms with E-state index in [1.54, 1.807) is 6.08 Å². The van der Waals surface area contributed by atoms with Crippen LogP contribution in [0.3, 0.4) is 0 Å². The molecule has 0 N–H and O–H groups in total. The molecule has 0 aliphatic heterocycles. The van der Waals surface area contributed by atoms with Crippen molar-refractivity contribution in [2.75, 3.05) is 6.61 Å². The summed E-state index contributed by atoms with van der Waals surface area (Å²) >= 11 is 5.53. The molecule has 1 unspecified atom stereocenters. The lowest BCUT2D eigenvalue weighted by atomic mass is 10.7. The number of hydrogen-bond acceptors (Lipinski definition) is 1. The Bertz CT molecular complexity index is 55.7. The fraction of sp³-hybridized carbons (Fsp3) is 0.500. The van der Waals surface area contributed by atoms with E-state index in [0.29, 0.717) is 6.61 Å². The Labute approximate surface area is 50.4 Å². The molecule has 0 spiro atoms. The van der Waals surface area contributed by atoms with Crippen LogP contribution in [-0.4, -0.2) is 15.0 Å². The minimum Gasteiger partial charge on any atom is -0.402 e. The van der Waals surface area contributed by atoms with Crippen molar-refractivity contribution >= 4 is 19.4 Å². The van der Waals surface area contributed by atoms with Gasteiger partial charge in [-0.1, -0.05) is 6.08 Å². The summed E-state index contributed by atoms with van der Waals surface area (Å²) in [4.78, 5) is 0. The summed E-state index contributed by atoms with van der Waals surface area (Å²) < 4.78 is 4.98. The van der Waals surface area contributed by atoms with E-state index in [4.69, 9.17) is 15.5 Å². The third kappa shape index (κ3) is 6.21. The van der Waals surface area contributed by atoms with Crippen molar-refractivity contribution in [2.45, 2.75) is 6.55 Å². The average molecular weight is 137 g/mol. The van der Waals surface area contributed by atoms with Crippen molar-refractivity contribution in [3.63, 3.8) is 0 Å². The molecule has 0 rings (SSSR count). The molecule has 0 aromatic carbocycles. The summed E-state index contributed by atoms with van der Waals surface area (Å²) in [5, 5.41) is 0. The molecule has 0 aromatic heterocycles. The lowest BCUT2D eigenvalue weighted by Gasteiger charge is -1.96. The van der Waals surface area contributed by atoms with Crippen molar-refractivity contribution in [3.05, 3.63) is 12.7 Å². The molecule has 3 heteroatoms. The van der Waals surface area contributed by atoms with E-state index in [2.05, 4.69) is 6.58 Å². The van der Waals surface area contributed by atoms with Gasteiger partial charge >= 0.3 is 0 Å². The Kier molecular flexibility index (Phi) is 4.50. The fourth-order valence-corrected chi connectivity index (χ4v) is 0.820. The van der Waals surface area contributed by atoms with E-state index in [1.807, 2.05) is 6.55 Å². The van der Waals surface area contributed by atoms with E-state index in [0.717, 1.165) is 0 Å². The molecule has 1 atom stereocenters. The van der Waals surface area contributed by atoms with Gasteiger partial charge in [0.15, 0.2) is 0 Å². The van der Waals surface area contributed by atoms with Crippen molar-refractivity contribution in [1.29, 1.82) is 0 Å². The molecule has 0 radical (unpaired) electrons. The quantitative estimate of drug-likeness (QED) is 0.323. The first-order chi connectivity index (χ1) is 3.27. The summed E-state index contributed by atoms with van der Waals surface area (Å²) in [6.45, 7) is 5.97. The van der Waals surface area contributed by atoms with Gasteiger partial charge in [-0.3, -0.25) is 0 Å². The van der Waals surface area contributed by atoms with Gasteiger partial charge < -0.3 is 4.43 Å². The molecular formula is C4H9ClOSi. The third-order valence-corrected chi connectivity index (χ3v) is 1.47. The van der Waals surface area contributed by atoms with Crippen molar-refractivity contribution < 1.29 is 4.43 Å². The Morgan fingerprint density at radius 3 is 2.71 bits per heavy atom. The van der Waals surface area contributed by atoms with E-state index in [1.165, 1.54) is 0 Å². The van der Waals surface area contributed by atoms with Crippen LogP contribution in [-0.2, 0) is 4.43 Å². The zero-order valence-electron chi connectivity index (χ0n) is 4.36. The Balaban J connectivity index is 2.81. The maximum absolute atomic E-state index is 5.53. The summed E-state index contributed by atoms with van der Waals surface area (Å²) in [6, 6.07) is 0. The van der Waals surface area contributed by atoms with E-state index in [-0.39, 0.29) is 0 Å². The number of halogens is 1. The largest absolute Gasteiger partial charge is 0.402 e. The van der Waals surface area contributed by atoms with Gasteiger partial charge in [0.05, 0.1) is 6.61 Å². The SMILES string of the molecule is C=CCO[SiH](C)Cl. The molecule has 0 saturated carbocycles. The minimum absolute atomic E-state index is 0.594. The molecule has 0 aromatic rings. The summed E-state index contributed by atoms with van der Waals surface area (Å²) in [7, 11) is -1.29. The fourth-order valence-electron chi connectivity index (χ4n) is 0.201. The van der Waals surface area contributed by atoms with Gasteiger partial charge in [-0.05, 0) is 6.55 Å². The molecular weight excluding hydrogens is 128 g/mol. The summed E-state index contributed by atoms with van der Waals surface area (Å²) in [5.41, 5.74) is 0. The van der Waals surface area contributed by atoms with Crippen LogP contribution in [0.4, 0.5) is 0 Å². The topological polar surface area (TPSA) is 9.23 Å². The molecule has 0 amide bonds. The first-order valence-electron chi connectivity index (χ1n) is 2.14. The van der Waals surface area contributed by atoms with Crippen LogP contribution >= 0.6 is 11.1 Å². The maximum Gasteiger partial charge on any atom is 0.271 e. The number of rotatable bonds is 3. The van der Waals surface area contributed by atoms with Crippen molar-refractivity contribution in [3.8, 4) is 0 Å². The van der Waals surface area contributed by atoms with Gasteiger partial charge in [0.2, 0.25) is 0 Å². The van der Waals surface area contributed by atoms with Crippen LogP contribution in [0, 0.1) is 0 Å². The smallest absolute Gasteiger partial charge is 0.271 e. The van der Waals surface area contributed by atoms with Gasteiger partial charge in [-0.2, -0.15) is 0 Å². The highest BCUT2D eigenvalue weighted by atomic mass is 35.6. The second-order valence-electron chi connectivity index (χ2n) is 1.17. The Morgan fingerprint density at radius 2 is 2.57 bits per heavy atom. The second kappa shape index (κ2) is 4.37. The predicted octanol–water partition coefficient (Wildman–Crippen LogP) is 1.28. The highest BCUT2D eigenvalue weighted by Crippen LogP contribution is 1.88. The van der Waals surface area contributed by atoms with Crippen molar-refractivity contribution in [2.24, 2.45) is 0 Å². The van der Waals surface area contributed by atoms with E-state index in [9.17, 15) is 0 Å². The molecule has 7 heavy (non-hydrogen) atoms. The molecule has 0 aliphatic rings. The molecule has 0 bridgehead atoms. The van der Waals surface area contributed by atoms with Gasteiger partial charge in [-0.25, -0.2) is 0 Å².